The first-order valence-electron chi connectivity index (χ1n) is 6.15. The van der Waals surface area contributed by atoms with Crippen LogP contribution in [0.5, 0.6) is 0 Å². The average Bonchev–Trinajstić information content (AvgIpc) is 2.76. The maximum atomic E-state index is 13.0. The lowest BCUT2D eigenvalue weighted by Crippen LogP contribution is -2.10. The number of aromatic nitrogens is 2. The van der Waals surface area contributed by atoms with E-state index in [-0.39, 0.29) is 5.82 Å². The largest absolute Gasteiger partial charge is 0.334 e. The second-order valence-electron chi connectivity index (χ2n) is 4.44. The van der Waals surface area contributed by atoms with Gasteiger partial charge in [0.1, 0.15) is 5.82 Å². The first-order valence-corrected chi connectivity index (χ1v) is 6.15. The Hall–Kier alpha value is -1.68. The third kappa shape index (κ3) is 2.96. The highest BCUT2D eigenvalue weighted by atomic mass is 19.1. The number of nitrogens with two attached hydrogens (primary N) is 1. The summed E-state index contributed by atoms with van der Waals surface area (Å²) in [5.74, 6) is -0.178. The van der Waals surface area contributed by atoms with Crippen LogP contribution in [0.3, 0.4) is 0 Å². The van der Waals surface area contributed by atoms with Crippen molar-refractivity contribution in [2.45, 2.75) is 26.3 Å². The molecule has 0 radical (unpaired) electrons. The van der Waals surface area contributed by atoms with Gasteiger partial charge in [0.15, 0.2) is 0 Å². The number of aryl methyl sites for hydroxylation is 3. The van der Waals surface area contributed by atoms with Crippen molar-refractivity contribution in [3.8, 4) is 0 Å². The molecule has 2 aromatic rings. The van der Waals surface area contributed by atoms with E-state index in [0.29, 0.717) is 6.54 Å². The van der Waals surface area contributed by atoms with E-state index in [2.05, 4.69) is 9.55 Å². The van der Waals surface area contributed by atoms with Crippen molar-refractivity contribution in [3.63, 3.8) is 0 Å². The molecule has 0 bridgehead atoms. The Morgan fingerprint density at radius 3 is 2.89 bits per heavy atom. The molecule has 1 aromatic heterocycles. The van der Waals surface area contributed by atoms with Gasteiger partial charge >= 0.3 is 0 Å². The van der Waals surface area contributed by atoms with Gasteiger partial charge in [-0.2, -0.15) is 0 Å². The molecule has 0 unspecified atom stereocenters. The van der Waals surface area contributed by atoms with Crippen molar-refractivity contribution in [1.82, 2.24) is 9.55 Å². The Balaban J connectivity index is 2.04. The monoisotopic (exact) mass is 247 g/mol. The molecule has 0 amide bonds. The Morgan fingerprint density at radius 1 is 1.33 bits per heavy atom. The lowest BCUT2D eigenvalue weighted by molar-refractivity contribution is 0.622. The van der Waals surface area contributed by atoms with E-state index in [1.807, 2.05) is 25.5 Å². The van der Waals surface area contributed by atoms with E-state index in [1.165, 1.54) is 11.6 Å². The van der Waals surface area contributed by atoms with Gasteiger partial charge in [0, 0.05) is 24.9 Å². The molecule has 0 spiro atoms. The van der Waals surface area contributed by atoms with Gasteiger partial charge in [-0.3, -0.25) is 0 Å². The number of halogens is 1. The molecule has 0 atom stereocenters. The molecule has 4 heteroatoms. The summed E-state index contributed by atoms with van der Waals surface area (Å²) in [5.41, 5.74) is 8.87. The van der Waals surface area contributed by atoms with Gasteiger partial charge < -0.3 is 10.3 Å². The van der Waals surface area contributed by atoms with Crippen molar-refractivity contribution in [1.29, 1.82) is 0 Å². The van der Waals surface area contributed by atoms with Crippen LogP contribution in [0.25, 0.3) is 0 Å². The average molecular weight is 247 g/mol. The fraction of sp³-hybridized carbons (Fsp3) is 0.357. The minimum absolute atomic E-state index is 0.178. The van der Waals surface area contributed by atoms with E-state index < -0.39 is 0 Å². The van der Waals surface area contributed by atoms with Crippen molar-refractivity contribution in [3.05, 3.63) is 53.4 Å². The quantitative estimate of drug-likeness (QED) is 0.879. The maximum Gasteiger partial charge on any atom is 0.123 e. The van der Waals surface area contributed by atoms with Gasteiger partial charge in [-0.05, 0) is 43.1 Å². The van der Waals surface area contributed by atoms with E-state index in [9.17, 15) is 4.39 Å². The van der Waals surface area contributed by atoms with Gasteiger partial charge in [-0.1, -0.05) is 6.07 Å². The van der Waals surface area contributed by atoms with E-state index in [0.717, 1.165) is 30.6 Å². The molecular formula is C14H18FN3. The lowest BCUT2D eigenvalue weighted by atomic mass is 10.1. The second-order valence-corrected chi connectivity index (χ2v) is 4.44. The minimum Gasteiger partial charge on any atom is -0.334 e. The maximum absolute atomic E-state index is 13.0. The van der Waals surface area contributed by atoms with Crippen molar-refractivity contribution in [2.75, 3.05) is 6.54 Å². The molecular weight excluding hydrogens is 229 g/mol. The van der Waals surface area contributed by atoms with E-state index in [4.69, 9.17) is 5.73 Å². The van der Waals surface area contributed by atoms with Crippen LogP contribution >= 0.6 is 0 Å². The molecule has 0 aliphatic heterocycles. The molecule has 2 N–H and O–H groups in total. The van der Waals surface area contributed by atoms with Crippen LogP contribution in [-0.4, -0.2) is 16.1 Å². The van der Waals surface area contributed by atoms with Gasteiger partial charge in [0.05, 0.1) is 6.33 Å². The third-order valence-electron chi connectivity index (χ3n) is 3.13. The number of nitrogens with zero attached hydrogens (tertiary/aromatic N) is 2. The highest BCUT2D eigenvalue weighted by Gasteiger charge is 2.04. The molecule has 96 valence electrons. The Labute approximate surface area is 106 Å². The highest BCUT2D eigenvalue weighted by molar-refractivity contribution is 5.26. The SMILES string of the molecule is Cc1cc(F)ccc1CCn1cncc1CCN. The van der Waals surface area contributed by atoms with Crippen molar-refractivity contribution >= 4 is 0 Å². The first-order chi connectivity index (χ1) is 8.70. The van der Waals surface area contributed by atoms with Crippen LogP contribution in [0.2, 0.25) is 0 Å². The summed E-state index contributed by atoms with van der Waals surface area (Å²) in [4.78, 5) is 4.14. The number of benzene rings is 1. The molecule has 1 heterocycles. The van der Waals surface area contributed by atoms with E-state index >= 15 is 0 Å². The third-order valence-corrected chi connectivity index (χ3v) is 3.13. The summed E-state index contributed by atoms with van der Waals surface area (Å²) in [6, 6.07) is 4.94. The zero-order valence-corrected chi connectivity index (χ0v) is 10.6. The molecule has 0 saturated heterocycles. The van der Waals surface area contributed by atoms with Crippen LogP contribution in [-0.2, 0) is 19.4 Å². The molecule has 2 rings (SSSR count). The molecule has 0 aliphatic carbocycles. The predicted molar refractivity (Wildman–Crippen MR) is 69.8 cm³/mol. The number of rotatable bonds is 5. The van der Waals surface area contributed by atoms with E-state index in [1.54, 1.807) is 6.07 Å². The standard InChI is InChI=1S/C14H18FN3/c1-11-8-13(15)3-2-12(11)5-7-18-10-17-9-14(18)4-6-16/h2-3,8-10H,4-7,16H2,1H3. The van der Waals surface area contributed by atoms with Gasteiger partial charge in [-0.15, -0.1) is 0 Å². The Bertz CT molecular complexity index is 520. The highest BCUT2D eigenvalue weighted by Crippen LogP contribution is 2.12. The zero-order valence-electron chi connectivity index (χ0n) is 10.6. The summed E-state index contributed by atoms with van der Waals surface area (Å²) in [6.45, 7) is 3.41. The van der Waals surface area contributed by atoms with Crippen LogP contribution < -0.4 is 5.73 Å². The molecule has 0 saturated carbocycles. The Morgan fingerprint density at radius 2 is 2.17 bits per heavy atom. The van der Waals surface area contributed by atoms with Gasteiger partial charge in [-0.25, -0.2) is 9.37 Å². The Kier molecular flexibility index (Phi) is 4.10. The zero-order chi connectivity index (χ0) is 13.0. The number of hydrogen-bond donors (Lipinski definition) is 1. The van der Waals surface area contributed by atoms with Crippen LogP contribution in [0, 0.1) is 12.7 Å². The van der Waals surface area contributed by atoms with Gasteiger partial charge in [0.2, 0.25) is 0 Å². The summed E-state index contributed by atoms with van der Waals surface area (Å²) < 4.78 is 15.1. The topological polar surface area (TPSA) is 43.8 Å². The van der Waals surface area contributed by atoms with Crippen molar-refractivity contribution in [2.24, 2.45) is 5.73 Å². The summed E-state index contributed by atoms with van der Waals surface area (Å²) in [5, 5.41) is 0. The van der Waals surface area contributed by atoms with Crippen LogP contribution in [0.1, 0.15) is 16.8 Å². The molecule has 1 aromatic carbocycles. The molecule has 3 nitrogen and oxygen atoms in total. The summed E-state index contributed by atoms with van der Waals surface area (Å²) in [6.07, 6.45) is 5.39. The minimum atomic E-state index is -0.178. The van der Waals surface area contributed by atoms with Crippen LogP contribution in [0.15, 0.2) is 30.7 Å². The predicted octanol–water partition coefficient (Wildman–Crippen LogP) is 2.07. The molecule has 0 aliphatic rings. The summed E-state index contributed by atoms with van der Waals surface area (Å²) >= 11 is 0. The number of imidazole rings is 1. The smallest absolute Gasteiger partial charge is 0.123 e. The molecule has 0 fully saturated rings. The van der Waals surface area contributed by atoms with Crippen LogP contribution in [0.4, 0.5) is 4.39 Å². The fourth-order valence-electron chi connectivity index (χ4n) is 2.09. The lowest BCUT2D eigenvalue weighted by Gasteiger charge is -2.09. The van der Waals surface area contributed by atoms with Crippen molar-refractivity contribution < 1.29 is 4.39 Å². The van der Waals surface area contributed by atoms with Gasteiger partial charge in [0.25, 0.3) is 0 Å². The normalized spacial score (nSPS) is 10.8. The second kappa shape index (κ2) is 5.78. The molecule has 18 heavy (non-hydrogen) atoms. The fourth-order valence-corrected chi connectivity index (χ4v) is 2.09. The first kappa shape index (κ1) is 12.8. The summed E-state index contributed by atoms with van der Waals surface area (Å²) in [7, 11) is 0. The number of hydrogen-bond acceptors (Lipinski definition) is 2.